The summed E-state index contributed by atoms with van der Waals surface area (Å²) in [4.78, 5) is 15.0. The molecule has 0 N–H and O–H groups in total. The van der Waals surface area contributed by atoms with E-state index in [0.29, 0.717) is 11.5 Å². The molecule has 1 aliphatic rings. The first kappa shape index (κ1) is 18.1. The second-order valence-corrected chi connectivity index (χ2v) is 6.76. The van der Waals surface area contributed by atoms with E-state index in [9.17, 15) is 10.1 Å². The lowest BCUT2D eigenvalue weighted by molar-refractivity contribution is -0.384. The Labute approximate surface area is 165 Å². The van der Waals surface area contributed by atoms with Gasteiger partial charge in [0.15, 0.2) is 11.5 Å². The van der Waals surface area contributed by atoms with Gasteiger partial charge >= 0.3 is 0 Å². The third kappa shape index (κ3) is 3.20. The predicted molar refractivity (Wildman–Crippen MR) is 107 cm³/mol. The van der Waals surface area contributed by atoms with E-state index in [-0.39, 0.29) is 17.5 Å². The maximum atomic E-state index is 11.0. The summed E-state index contributed by atoms with van der Waals surface area (Å²) in [5.74, 6) is 1.40. The quantitative estimate of drug-likeness (QED) is 0.347. The van der Waals surface area contributed by atoms with Gasteiger partial charge < -0.3 is 14.0 Å². The number of aryl methyl sites for hydroxylation is 1. The molecule has 7 nitrogen and oxygen atoms in total. The molecule has 142 valence electrons. The standard InChI is InChI=1S/C20H16ClN3O4/c1-12-7-14(10-22-15-3-6-19-20(8-15)28-11-27-19)13(2)23(12)16-4-5-18(24(25)26)17(21)9-16/h3-10H,11H2,1-2H3. The van der Waals surface area contributed by atoms with Gasteiger partial charge in [-0.2, -0.15) is 0 Å². The van der Waals surface area contributed by atoms with Gasteiger partial charge in [0.05, 0.1) is 10.6 Å². The first-order chi connectivity index (χ1) is 13.4. The normalized spacial score (nSPS) is 12.7. The first-order valence-electron chi connectivity index (χ1n) is 8.51. The second kappa shape index (κ2) is 7.01. The first-order valence-corrected chi connectivity index (χ1v) is 8.89. The summed E-state index contributed by atoms with van der Waals surface area (Å²) in [5.41, 5.74) is 4.25. The highest BCUT2D eigenvalue weighted by atomic mass is 35.5. The number of halogens is 1. The summed E-state index contributed by atoms with van der Waals surface area (Å²) >= 11 is 6.07. The van der Waals surface area contributed by atoms with Crippen molar-refractivity contribution in [1.29, 1.82) is 0 Å². The Balaban J connectivity index is 1.66. The summed E-state index contributed by atoms with van der Waals surface area (Å²) < 4.78 is 12.7. The van der Waals surface area contributed by atoms with Crippen LogP contribution in [0.15, 0.2) is 47.5 Å². The highest BCUT2D eigenvalue weighted by Crippen LogP contribution is 2.35. The van der Waals surface area contributed by atoms with Crippen LogP contribution in [0.4, 0.5) is 11.4 Å². The van der Waals surface area contributed by atoms with Crippen molar-refractivity contribution in [2.24, 2.45) is 4.99 Å². The molecule has 0 bridgehead atoms. The molecule has 0 aliphatic carbocycles. The van der Waals surface area contributed by atoms with E-state index in [4.69, 9.17) is 21.1 Å². The average molecular weight is 398 g/mol. The average Bonchev–Trinajstić information content (AvgIpc) is 3.23. The van der Waals surface area contributed by atoms with E-state index < -0.39 is 4.92 Å². The summed E-state index contributed by atoms with van der Waals surface area (Å²) in [6.07, 6.45) is 1.78. The van der Waals surface area contributed by atoms with Crippen molar-refractivity contribution in [1.82, 2.24) is 4.57 Å². The highest BCUT2D eigenvalue weighted by Gasteiger charge is 2.16. The van der Waals surface area contributed by atoms with Crippen molar-refractivity contribution < 1.29 is 14.4 Å². The van der Waals surface area contributed by atoms with Crippen molar-refractivity contribution in [2.45, 2.75) is 13.8 Å². The molecule has 2 aromatic carbocycles. The van der Waals surface area contributed by atoms with Gasteiger partial charge in [0, 0.05) is 41.0 Å². The number of nitrogens with zero attached hydrogens (tertiary/aromatic N) is 3. The third-order valence-corrected chi connectivity index (χ3v) is 4.87. The van der Waals surface area contributed by atoms with Crippen molar-refractivity contribution in [3.05, 3.63) is 74.6 Å². The van der Waals surface area contributed by atoms with Crippen molar-refractivity contribution in [2.75, 3.05) is 6.79 Å². The van der Waals surface area contributed by atoms with Gasteiger partial charge in [0.2, 0.25) is 6.79 Å². The maximum absolute atomic E-state index is 11.0. The van der Waals surface area contributed by atoms with Crippen molar-refractivity contribution in [3.8, 4) is 17.2 Å². The van der Waals surface area contributed by atoms with Gasteiger partial charge in [-0.25, -0.2) is 0 Å². The highest BCUT2D eigenvalue weighted by molar-refractivity contribution is 6.32. The Morgan fingerprint density at radius 2 is 1.93 bits per heavy atom. The Hall–Kier alpha value is -3.32. The van der Waals surface area contributed by atoms with Crippen LogP contribution in [0.2, 0.25) is 5.02 Å². The summed E-state index contributed by atoms with van der Waals surface area (Å²) in [5, 5.41) is 11.1. The third-order valence-electron chi connectivity index (χ3n) is 4.57. The van der Waals surface area contributed by atoms with Crippen LogP contribution in [0.5, 0.6) is 11.5 Å². The number of ether oxygens (including phenoxy) is 2. The lowest BCUT2D eigenvalue weighted by atomic mass is 10.2. The van der Waals surface area contributed by atoms with Crippen LogP contribution in [0.3, 0.4) is 0 Å². The fourth-order valence-corrected chi connectivity index (χ4v) is 3.45. The van der Waals surface area contributed by atoms with Crippen molar-refractivity contribution in [3.63, 3.8) is 0 Å². The lowest BCUT2D eigenvalue weighted by Gasteiger charge is -2.10. The molecule has 0 radical (unpaired) electrons. The molecule has 0 fully saturated rings. The maximum Gasteiger partial charge on any atom is 0.288 e. The zero-order chi connectivity index (χ0) is 19.8. The van der Waals surface area contributed by atoms with Crippen molar-refractivity contribution >= 4 is 29.2 Å². The lowest BCUT2D eigenvalue weighted by Crippen LogP contribution is -2.00. The zero-order valence-electron chi connectivity index (χ0n) is 15.2. The second-order valence-electron chi connectivity index (χ2n) is 6.35. The molecule has 0 saturated heterocycles. The molecule has 28 heavy (non-hydrogen) atoms. The number of nitro groups is 1. The Morgan fingerprint density at radius 1 is 1.14 bits per heavy atom. The Kier molecular flexibility index (Phi) is 4.52. The van der Waals surface area contributed by atoms with E-state index in [1.54, 1.807) is 18.3 Å². The van der Waals surface area contributed by atoms with Gasteiger partial charge in [-0.1, -0.05) is 11.6 Å². The summed E-state index contributed by atoms with van der Waals surface area (Å²) in [7, 11) is 0. The van der Waals surface area contributed by atoms with Crippen LogP contribution < -0.4 is 9.47 Å². The molecule has 3 aromatic rings. The van der Waals surface area contributed by atoms with E-state index in [1.165, 1.54) is 6.07 Å². The largest absolute Gasteiger partial charge is 0.454 e. The molecule has 8 heteroatoms. The fraction of sp³-hybridized carbons (Fsp3) is 0.150. The number of rotatable bonds is 4. The predicted octanol–water partition coefficient (Wildman–Crippen LogP) is 5.14. The number of nitro benzene ring substituents is 1. The van der Waals surface area contributed by atoms with Crippen LogP contribution in [-0.2, 0) is 0 Å². The van der Waals surface area contributed by atoms with Crippen LogP contribution in [0, 0.1) is 24.0 Å². The van der Waals surface area contributed by atoms with Gasteiger partial charge in [0.25, 0.3) is 5.69 Å². The number of hydrogen-bond donors (Lipinski definition) is 0. The fourth-order valence-electron chi connectivity index (χ4n) is 3.21. The minimum atomic E-state index is -0.495. The molecule has 2 heterocycles. The zero-order valence-corrected chi connectivity index (χ0v) is 15.9. The number of aliphatic imine (C=N–C) groups is 1. The summed E-state index contributed by atoms with van der Waals surface area (Å²) in [6.45, 7) is 4.14. The van der Waals surface area contributed by atoms with Crippen LogP contribution in [0.1, 0.15) is 17.0 Å². The molecule has 1 aromatic heterocycles. The van der Waals surface area contributed by atoms with E-state index in [1.807, 2.05) is 42.7 Å². The number of benzene rings is 2. The van der Waals surface area contributed by atoms with E-state index in [0.717, 1.165) is 28.3 Å². The molecule has 0 unspecified atom stereocenters. The summed E-state index contributed by atoms with van der Waals surface area (Å²) in [6, 6.07) is 12.2. The SMILES string of the molecule is Cc1cc(C=Nc2ccc3c(c2)OCO3)c(C)n1-c1ccc([N+](=O)[O-])c(Cl)c1. The van der Waals surface area contributed by atoms with E-state index >= 15 is 0 Å². The molecule has 0 atom stereocenters. The van der Waals surface area contributed by atoms with Gasteiger partial charge in [-0.3, -0.25) is 15.1 Å². The van der Waals surface area contributed by atoms with Crippen LogP contribution >= 0.6 is 11.6 Å². The minimum absolute atomic E-state index is 0.102. The molecular weight excluding hydrogens is 382 g/mol. The van der Waals surface area contributed by atoms with Gasteiger partial charge in [0.1, 0.15) is 5.02 Å². The number of fused-ring (bicyclic) bond motifs is 1. The monoisotopic (exact) mass is 397 g/mol. The number of aromatic nitrogens is 1. The van der Waals surface area contributed by atoms with Crippen LogP contribution in [0.25, 0.3) is 5.69 Å². The van der Waals surface area contributed by atoms with Gasteiger partial charge in [-0.05, 0) is 44.2 Å². The van der Waals surface area contributed by atoms with Crippen LogP contribution in [-0.4, -0.2) is 22.5 Å². The molecule has 0 spiro atoms. The molecular formula is C20H16ClN3O4. The Morgan fingerprint density at radius 3 is 2.68 bits per heavy atom. The molecule has 4 rings (SSSR count). The molecule has 0 amide bonds. The molecule has 0 saturated carbocycles. The molecule has 1 aliphatic heterocycles. The smallest absolute Gasteiger partial charge is 0.288 e. The van der Waals surface area contributed by atoms with E-state index in [2.05, 4.69) is 4.99 Å². The van der Waals surface area contributed by atoms with Gasteiger partial charge in [-0.15, -0.1) is 0 Å². The minimum Gasteiger partial charge on any atom is -0.454 e. The topological polar surface area (TPSA) is 78.9 Å². The number of hydrogen-bond acceptors (Lipinski definition) is 5. The Bertz CT molecular complexity index is 1120.